The highest BCUT2D eigenvalue weighted by molar-refractivity contribution is 6.58. The number of amides is 2. The molecule has 2 fully saturated rings. The first-order valence-electron chi connectivity index (χ1n) is 17.7. The first-order valence-corrected chi connectivity index (χ1v) is 17.7. The van der Waals surface area contributed by atoms with Gasteiger partial charge in [-0.2, -0.15) is 0 Å². The van der Waals surface area contributed by atoms with Crippen molar-refractivity contribution in [2.24, 2.45) is 17.8 Å². The maximum absolute atomic E-state index is 14.2. The number of hydrogen-bond acceptors (Lipinski definition) is 7. The predicted octanol–water partition coefficient (Wildman–Crippen LogP) is 6.15. The van der Waals surface area contributed by atoms with Crippen LogP contribution in [-0.4, -0.2) is 53.4 Å². The zero-order chi connectivity index (χ0) is 35.8. The molecule has 52 heavy (non-hydrogen) atoms. The van der Waals surface area contributed by atoms with E-state index >= 15 is 0 Å². The van der Waals surface area contributed by atoms with E-state index in [2.05, 4.69) is 18.2 Å². The largest absolute Gasteiger partial charge is 0.507 e. The molecule has 260 valence electrons. The van der Waals surface area contributed by atoms with Crippen LogP contribution in [0.4, 0.5) is 5.69 Å². The van der Waals surface area contributed by atoms with Crippen molar-refractivity contribution in [3.8, 4) is 11.5 Å². The molecule has 5 aromatic rings. The molecule has 2 amide bonds. The van der Waals surface area contributed by atoms with Gasteiger partial charge >= 0.3 is 7.12 Å². The van der Waals surface area contributed by atoms with Crippen LogP contribution >= 0.6 is 0 Å². The number of imide groups is 1. The van der Waals surface area contributed by atoms with Gasteiger partial charge in [0.2, 0.25) is 11.8 Å². The van der Waals surface area contributed by atoms with E-state index < -0.39 is 19.0 Å². The summed E-state index contributed by atoms with van der Waals surface area (Å²) in [6, 6.07) is 37.6. The third-order valence-corrected chi connectivity index (χ3v) is 10.7. The number of benzene rings is 5. The van der Waals surface area contributed by atoms with Crippen LogP contribution in [0.3, 0.4) is 0 Å². The normalized spacial score (nSPS) is 21.4. The number of rotatable bonds is 10. The molecule has 0 spiro atoms. The number of allylic oxidation sites excluding steroid dienone is 1. The number of fused-ring (bicyclic) bond motifs is 4. The van der Waals surface area contributed by atoms with Crippen LogP contribution in [0.5, 0.6) is 11.5 Å². The molecule has 8 nitrogen and oxygen atoms in total. The lowest BCUT2D eigenvalue weighted by atomic mass is 9.69. The third kappa shape index (κ3) is 6.32. The number of anilines is 1. The van der Waals surface area contributed by atoms with Crippen molar-refractivity contribution in [3.63, 3.8) is 0 Å². The summed E-state index contributed by atoms with van der Waals surface area (Å²) in [5.41, 5.74) is 5.76. The fourth-order valence-electron chi connectivity index (χ4n) is 8.23. The number of phenols is 1. The highest BCUT2D eigenvalue weighted by Gasteiger charge is 2.57. The zero-order valence-corrected chi connectivity index (χ0v) is 28.5. The zero-order valence-electron chi connectivity index (χ0n) is 28.5. The Bertz CT molecular complexity index is 2200. The molecule has 0 aromatic heterocycles. The van der Waals surface area contributed by atoms with E-state index in [1.165, 1.54) is 11.0 Å². The quantitative estimate of drug-likeness (QED) is 0.0697. The highest BCUT2D eigenvalue weighted by Crippen LogP contribution is 2.51. The molecular weight excluding hydrogens is 653 g/mol. The van der Waals surface area contributed by atoms with Crippen LogP contribution in [0.1, 0.15) is 30.4 Å². The van der Waals surface area contributed by atoms with Crippen LogP contribution in [0.25, 0.3) is 22.4 Å². The van der Waals surface area contributed by atoms with Crippen LogP contribution in [0.15, 0.2) is 132 Å². The molecule has 3 aliphatic rings. The second kappa shape index (κ2) is 14.3. The molecule has 0 bridgehead atoms. The van der Waals surface area contributed by atoms with E-state index in [0.717, 1.165) is 44.4 Å². The molecule has 4 atom stereocenters. The lowest BCUT2D eigenvalue weighted by molar-refractivity contribution is -0.122. The molecule has 2 saturated heterocycles. The Hall–Kier alpha value is -5.48. The fraction of sp³-hybridized carbons (Fsp3) is 0.209. The molecule has 0 unspecified atom stereocenters. The van der Waals surface area contributed by atoms with Crippen LogP contribution < -0.4 is 15.1 Å². The number of carbonyl (C=O) groups excluding carboxylic acids is 2. The molecule has 3 N–H and O–H groups in total. The van der Waals surface area contributed by atoms with Gasteiger partial charge in [0.05, 0.1) is 30.2 Å². The molecular formula is C43H38BNO7. The summed E-state index contributed by atoms with van der Waals surface area (Å²) in [4.78, 5) is 29.4. The number of nitrogens with zero attached hydrogens (tertiary/aromatic N) is 1. The lowest BCUT2D eigenvalue weighted by Gasteiger charge is -2.31. The van der Waals surface area contributed by atoms with Crippen molar-refractivity contribution in [1.29, 1.82) is 0 Å². The van der Waals surface area contributed by atoms with Gasteiger partial charge in [-0.15, -0.1) is 0 Å². The van der Waals surface area contributed by atoms with Crippen molar-refractivity contribution >= 4 is 52.5 Å². The first-order chi connectivity index (χ1) is 25.4. The second-order valence-corrected chi connectivity index (χ2v) is 13.7. The maximum Gasteiger partial charge on any atom is 0.488 e. The Labute approximate surface area is 302 Å². The SMILES string of the molecule is O=C1[C@@H]2[C@@H](CC(COc3ccccc3)=C3[C@@H](CC/C(=C/c4ccc(O)c5ccccc45)c4ccccc4)OC[C@@H]32)C(=O)N1c1cccc(B(O)O)c1. The van der Waals surface area contributed by atoms with E-state index in [1.807, 2.05) is 78.9 Å². The van der Waals surface area contributed by atoms with Gasteiger partial charge in [-0.1, -0.05) is 97.1 Å². The van der Waals surface area contributed by atoms with E-state index in [-0.39, 0.29) is 41.7 Å². The monoisotopic (exact) mass is 691 g/mol. The van der Waals surface area contributed by atoms with Gasteiger partial charge in [0.1, 0.15) is 18.1 Å². The summed E-state index contributed by atoms with van der Waals surface area (Å²) in [7, 11) is -1.73. The summed E-state index contributed by atoms with van der Waals surface area (Å²) in [5, 5.41) is 31.9. The molecule has 0 radical (unpaired) electrons. The minimum absolute atomic E-state index is 0.204. The minimum atomic E-state index is -1.73. The smallest absolute Gasteiger partial charge is 0.488 e. The molecule has 0 saturated carbocycles. The van der Waals surface area contributed by atoms with E-state index in [1.54, 1.807) is 24.3 Å². The maximum atomic E-state index is 14.2. The Morgan fingerprint density at radius 3 is 2.33 bits per heavy atom. The number of phenolic OH excluding ortho intramolecular Hbond substituents is 1. The number of carbonyl (C=O) groups is 2. The fourth-order valence-corrected chi connectivity index (χ4v) is 8.23. The summed E-state index contributed by atoms with van der Waals surface area (Å²) >= 11 is 0. The lowest BCUT2D eigenvalue weighted by Crippen LogP contribution is -2.36. The molecule has 9 heteroatoms. The summed E-state index contributed by atoms with van der Waals surface area (Å²) in [6.45, 7) is 0.582. The van der Waals surface area contributed by atoms with Gasteiger partial charge in [-0.3, -0.25) is 14.5 Å². The van der Waals surface area contributed by atoms with Crippen molar-refractivity contribution in [3.05, 3.63) is 144 Å². The van der Waals surface area contributed by atoms with Crippen LogP contribution in [0.2, 0.25) is 0 Å². The molecule has 2 heterocycles. The van der Waals surface area contributed by atoms with Crippen LogP contribution in [-0.2, 0) is 14.3 Å². The second-order valence-electron chi connectivity index (χ2n) is 13.7. The number of para-hydroxylation sites is 1. The standard InChI is InChI=1S/C43H38BNO7/c46-38-20-18-29(34-16-7-8-17-35(34)38)22-28(27-10-3-1-4-11-27)19-21-39-40-30(25-51-33-14-5-2-6-15-33)23-36-41(37(40)26-52-39)43(48)45(42(36)47)32-13-9-12-31(24-32)44(49)50/h1-18,20,22,24,36-37,39,41,46,49-50H,19,21,23,25-26H2/b28-22-/t36-,37+,39-,41-/m1/s1. The van der Waals surface area contributed by atoms with Gasteiger partial charge in [0.25, 0.3) is 0 Å². The van der Waals surface area contributed by atoms with Gasteiger partial charge in [0, 0.05) is 11.3 Å². The summed E-state index contributed by atoms with van der Waals surface area (Å²) in [6.07, 6.45) is 3.60. The van der Waals surface area contributed by atoms with Crippen molar-refractivity contribution in [1.82, 2.24) is 0 Å². The average Bonchev–Trinajstić information content (AvgIpc) is 3.71. The average molecular weight is 692 g/mol. The first kappa shape index (κ1) is 33.7. The topological polar surface area (TPSA) is 117 Å². The Balaban J connectivity index is 1.13. The van der Waals surface area contributed by atoms with E-state index in [9.17, 15) is 24.7 Å². The van der Waals surface area contributed by atoms with Crippen molar-refractivity contribution in [2.45, 2.75) is 25.4 Å². The highest BCUT2D eigenvalue weighted by atomic mass is 16.5. The van der Waals surface area contributed by atoms with E-state index in [4.69, 9.17) is 9.47 Å². The van der Waals surface area contributed by atoms with Gasteiger partial charge < -0.3 is 24.6 Å². The summed E-state index contributed by atoms with van der Waals surface area (Å²) in [5.74, 6) is -1.10. The molecule has 5 aromatic carbocycles. The Kier molecular flexibility index (Phi) is 9.24. The van der Waals surface area contributed by atoms with Gasteiger partial charge in [-0.25, -0.2) is 0 Å². The summed E-state index contributed by atoms with van der Waals surface area (Å²) < 4.78 is 12.8. The van der Waals surface area contributed by atoms with Crippen molar-refractivity contribution in [2.75, 3.05) is 18.1 Å². The predicted molar refractivity (Wildman–Crippen MR) is 202 cm³/mol. The van der Waals surface area contributed by atoms with Gasteiger partial charge in [0.15, 0.2) is 0 Å². The molecule has 2 aliphatic heterocycles. The minimum Gasteiger partial charge on any atom is -0.507 e. The van der Waals surface area contributed by atoms with E-state index in [0.29, 0.717) is 31.6 Å². The van der Waals surface area contributed by atoms with Gasteiger partial charge in [-0.05, 0) is 88.3 Å². The Morgan fingerprint density at radius 1 is 0.827 bits per heavy atom. The molecule has 1 aliphatic carbocycles. The Morgan fingerprint density at radius 2 is 1.56 bits per heavy atom. The number of hydrogen-bond donors (Lipinski definition) is 3. The van der Waals surface area contributed by atoms with Crippen molar-refractivity contribution < 1.29 is 34.2 Å². The number of aromatic hydroxyl groups is 1. The third-order valence-electron chi connectivity index (χ3n) is 10.7. The molecule has 8 rings (SSSR count). The number of ether oxygens (including phenoxy) is 2. The van der Waals surface area contributed by atoms with Crippen LogP contribution in [0, 0.1) is 17.8 Å².